The van der Waals surface area contributed by atoms with Gasteiger partial charge in [0.2, 0.25) is 0 Å². The molecule has 2 heterocycles. The molecule has 1 aromatic heterocycles. The Hall–Kier alpha value is -0.750. The number of nitrogens with zero attached hydrogens (tertiary/aromatic N) is 2. The van der Waals surface area contributed by atoms with Gasteiger partial charge >= 0.3 is 0 Å². The van der Waals surface area contributed by atoms with Crippen LogP contribution in [0.15, 0.2) is 17.5 Å². The molecule has 4 nitrogen and oxygen atoms in total. The number of carbonyl (C=O) groups excluding carboxylic acids is 1. The van der Waals surface area contributed by atoms with Gasteiger partial charge in [-0.05, 0) is 18.5 Å². The van der Waals surface area contributed by atoms with Crippen molar-refractivity contribution in [3.05, 3.63) is 22.4 Å². The van der Waals surface area contributed by atoms with Crippen molar-refractivity contribution in [2.75, 3.05) is 39.8 Å². The van der Waals surface area contributed by atoms with Gasteiger partial charge in [0.15, 0.2) is 5.78 Å². The Morgan fingerprint density at radius 2 is 2.19 bits per heavy atom. The molecule has 0 radical (unpaired) electrons. The Morgan fingerprint density at radius 1 is 1.44 bits per heavy atom. The van der Waals surface area contributed by atoms with Crippen LogP contribution in [-0.2, 0) is 0 Å². The highest BCUT2D eigenvalue weighted by atomic mass is 32.1. The van der Waals surface area contributed by atoms with Crippen LogP contribution in [0.1, 0.15) is 9.67 Å². The van der Waals surface area contributed by atoms with E-state index in [-0.39, 0.29) is 5.78 Å². The van der Waals surface area contributed by atoms with Crippen LogP contribution in [0.4, 0.5) is 0 Å². The molecule has 1 saturated heterocycles. The number of hydrogen-bond acceptors (Lipinski definition) is 5. The third kappa shape index (κ3) is 3.12. The topological polar surface area (TPSA) is 35.6 Å². The molecular formula is C11H17N3OS. The molecule has 88 valence electrons. The van der Waals surface area contributed by atoms with E-state index in [0.29, 0.717) is 6.54 Å². The molecule has 1 aliphatic rings. The van der Waals surface area contributed by atoms with Gasteiger partial charge in [0.25, 0.3) is 0 Å². The van der Waals surface area contributed by atoms with Crippen LogP contribution in [0.5, 0.6) is 0 Å². The molecular weight excluding hydrogens is 222 g/mol. The predicted molar refractivity (Wildman–Crippen MR) is 65.7 cm³/mol. The normalized spacial score (nSPS) is 18.8. The van der Waals surface area contributed by atoms with Crippen molar-refractivity contribution in [1.82, 2.24) is 15.3 Å². The standard InChI is InChI=1S/C11H17N3OS/c1-13-4-6-14(7-5-13)12-9-10(15)11-3-2-8-16-11/h2-3,8,12H,4-7,9H2,1H3. The summed E-state index contributed by atoms with van der Waals surface area (Å²) < 4.78 is 0. The first-order chi connectivity index (χ1) is 7.75. The number of ketones is 1. The van der Waals surface area contributed by atoms with Crippen LogP contribution in [-0.4, -0.2) is 55.5 Å². The second-order valence-electron chi connectivity index (χ2n) is 4.03. The van der Waals surface area contributed by atoms with Crippen LogP contribution in [0.3, 0.4) is 0 Å². The van der Waals surface area contributed by atoms with Gasteiger partial charge in [-0.1, -0.05) is 6.07 Å². The zero-order valence-corrected chi connectivity index (χ0v) is 10.3. The number of hydrazine groups is 1. The minimum absolute atomic E-state index is 0.175. The SMILES string of the molecule is CN1CCN(NCC(=O)c2cccs2)CC1. The predicted octanol–water partition coefficient (Wildman–Crippen LogP) is 0.683. The van der Waals surface area contributed by atoms with Crippen LogP contribution >= 0.6 is 11.3 Å². The summed E-state index contributed by atoms with van der Waals surface area (Å²) in [7, 11) is 2.12. The van der Waals surface area contributed by atoms with Gasteiger partial charge < -0.3 is 4.90 Å². The molecule has 0 aromatic carbocycles. The zero-order chi connectivity index (χ0) is 11.4. The Bertz CT molecular complexity index is 331. The zero-order valence-electron chi connectivity index (χ0n) is 9.48. The van der Waals surface area contributed by atoms with Crippen LogP contribution in [0, 0.1) is 0 Å². The molecule has 1 aliphatic heterocycles. The lowest BCUT2D eigenvalue weighted by Gasteiger charge is -2.32. The van der Waals surface area contributed by atoms with E-state index in [1.807, 2.05) is 17.5 Å². The van der Waals surface area contributed by atoms with E-state index in [1.54, 1.807) is 0 Å². The lowest BCUT2D eigenvalue weighted by molar-refractivity contribution is 0.0841. The van der Waals surface area contributed by atoms with E-state index in [2.05, 4.69) is 22.4 Å². The summed E-state index contributed by atoms with van der Waals surface area (Å²) in [6.45, 7) is 4.48. The number of thiophene rings is 1. The smallest absolute Gasteiger partial charge is 0.187 e. The van der Waals surface area contributed by atoms with Gasteiger partial charge in [-0.15, -0.1) is 11.3 Å². The lowest BCUT2D eigenvalue weighted by Crippen LogP contribution is -2.51. The summed E-state index contributed by atoms with van der Waals surface area (Å²) in [5, 5.41) is 4.06. The fourth-order valence-corrected chi connectivity index (χ4v) is 2.34. The molecule has 16 heavy (non-hydrogen) atoms. The highest BCUT2D eigenvalue weighted by Crippen LogP contribution is 2.08. The Morgan fingerprint density at radius 3 is 2.81 bits per heavy atom. The van der Waals surface area contributed by atoms with Crippen LogP contribution in [0.2, 0.25) is 0 Å². The third-order valence-corrected chi connectivity index (χ3v) is 3.67. The van der Waals surface area contributed by atoms with Crippen molar-refractivity contribution in [3.8, 4) is 0 Å². The summed E-state index contributed by atoms with van der Waals surface area (Å²) in [5.41, 5.74) is 3.19. The van der Waals surface area contributed by atoms with Gasteiger partial charge in [0, 0.05) is 26.2 Å². The first-order valence-electron chi connectivity index (χ1n) is 5.49. The average molecular weight is 239 g/mol. The Labute approximate surface area is 99.8 Å². The molecule has 1 aromatic rings. The minimum Gasteiger partial charge on any atom is -0.304 e. The molecule has 0 bridgehead atoms. The van der Waals surface area contributed by atoms with E-state index in [4.69, 9.17) is 0 Å². The number of carbonyl (C=O) groups is 1. The number of rotatable bonds is 4. The second-order valence-corrected chi connectivity index (χ2v) is 4.97. The van der Waals surface area contributed by atoms with Crippen LogP contribution < -0.4 is 5.43 Å². The van der Waals surface area contributed by atoms with E-state index in [9.17, 15) is 4.79 Å². The maximum atomic E-state index is 11.7. The van der Waals surface area contributed by atoms with Gasteiger partial charge in [-0.3, -0.25) is 4.79 Å². The molecule has 0 aliphatic carbocycles. The molecule has 0 atom stereocenters. The van der Waals surface area contributed by atoms with Gasteiger partial charge in [0.05, 0.1) is 11.4 Å². The van der Waals surface area contributed by atoms with Crippen molar-refractivity contribution in [3.63, 3.8) is 0 Å². The van der Waals surface area contributed by atoms with E-state index >= 15 is 0 Å². The first-order valence-corrected chi connectivity index (χ1v) is 6.37. The average Bonchev–Trinajstić information content (AvgIpc) is 2.81. The molecule has 0 amide bonds. The molecule has 1 N–H and O–H groups in total. The van der Waals surface area contributed by atoms with Crippen molar-refractivity contribution in [2.45, 2.75) is 0 Å². The monoisotopic (exact) mass is 239 g/mol. The number of likely N-dealkylation sites (N-methyl/N-ethyl adjacent to an activating group) is 1. The number of nitrogens with one attached hydrogen (secondary N) is 1. The third-order valence-electron chi connectivity index (χ3n) is 2.76. The Kier molecular flexibility index (Phi) is 4.06. The van der Waals surface area contributed by atoms with E-state index < -0.39 is 0 Å². The number of Topliss-reactive ketones (excluding diaryl/α,β-unsaturated/α-hetero) is 1. The maximum Gasteiger partial charge on any atom is 0.187 e. The number of hydrogen-bond donors (Lipinski definition) is 1. The lowest BCUT2D eigenvalue weighted by atomic mass is 10.3. The van der Waals surface area contributed by atoms with Gasteiger partial charge in [-0.2, -0.15) is 0 Å². The molecule has 0 unspecified atom stereocenters. The molecule has 1 fully saturated rings. The Balaban J connectivity index is 1.73. The van der Waals surface area contributed by atoms with Crippen LogP contribution in [0.25, 0.3) is 0 Å². The fraction of sp³-hybridized carbons (Fsp3) is 0.545. The summed E-state index contributed by atoms with van der Waals surface area (Å²) in [6.07, 6.45) is 0. The molecule has 5 heteroatoms. The number of piperazine rings is 1. The quantitative estimate of drug-likeness (QED) is 0.784. The fourth-order valence-electron chi connectivity index (χ4n) is 1.67. The molecule has 2 rings (SSSR count). The summed E-state index contributed by atoms with van der Waals surface area (Å²) in [4.78, 5) is 14.8. The van der Waals surface area contributed by atoms with Crippen molar-refractivity contribution < 1.29 is 4.79 Å². The first kappa shape index (κ1) is 11.7. The van der Waals surface area contributed by atoms with E-state index in [0.717, 1.165) is 31.1 Å². The highest BCUT2D eigenvalue weighted by molar-refractivity contribution is 7.12. The van der Waals surface area contributed by atoms with Crippen molar-refractivity contribution >= 4 is 17.1 Å². The molecule has 0 saturated carbocycles. The van der Waals surface area contributed by atoms with E-state index in [1.165, 1.54) is 11.3 Å². The summed E-state index contributed by atoms with van der Waals surface area (Å²) >= 11 is 1.50. The largest absolute Gasteiger partial charge is 0.304 e. The molecule has 0 spiro atoms. The summed E-state index contributed by atoms with van der Waals surface area (Å²) in [5.74, 6) is 0.175. The highest BCUT2D eigenvalue weighted by Gasteiger charge is 2.14. The van der Waals surface area contributed by atoms with Crippen molar-refractivity contribution in [1.29, 1.82) is 0 Å². The second kappa shape index (κ2) is 5.54. The maximum absolute atomic E-state index is 11.7. The minimum atomic E-state index is 0.175. The van der Waals surface area contributed by atoms with Crippen molar-refractivity contribution in [2.24, 2.45) is 0 Å². The summed E-state index contributed by atoms with van der Waals surface area (Å²) in [6, 6.07) is 3.78. The van der Waals surface area contributed by atoms with Gasteiger partial charge in [0.1, 0.15) is 0 Å². The van der Waals surface area contributed by atoms with Gasteiger partial charge in [-0.25, -0.2) is 10.4 Å².